The van der Waals surface area contributed by atoms with E-state index in [4.69, 9.17) is 11.6 Å². The first-order chi connectivity index (χ1) is 6.68. The highest BCUT2D eigenvalue weighted by Crippen LogP contribution is 2.27. The highest BCUT2D eigenvalue weighted by Gasteiger charge is 2.26. The van der Waals surface area contributed by atoms with Crippen LogP contribution in [0, 0.1) is 5.92 Å². The van der Waals surface area contributed by atoms with Crippen LogP contribution in [0.4, 0.5) is 5.82 Å². The molecule has 1 aliphatic heterocycles. The zero-order valence-corrected chi connectivity index (χ0v) is 9.42. The van der Waals surface area contributed by atoms with Crippen molar-refractivity contribution in [1.29, 1.82) is 0 Å². The number of β-amino-alcohol motifs (C(OH)–C–C–N with tert-alkyl or cyclic N) is 1. The molecule has 1 fully saturated rings. The van der Waals surface area contributed by atoms with Crippen molar-refractivity contribution in [3.05, 3.63) is 5.15 Å². The van der Waals surface area contributed by atoms with Gasteiger partial charge in [-0.15, -0.1) is 0 Å². The van der Waals surface area contributed by atoms with E-state index in [-0.39, 0.29) is 6.10 Å². The lowest BCUT2D eigenvalue weighted by Gasteiger charge is -2.34. The molecule has 2 heterocycles. The maximum absolute atomic E-state index is 9.71. The van der Waals surface area contributed by atoms with Crippen molar-refractivity contribution < 1.29 is 5.11 Å². The first-order valence-corrected chi connectivity index (χ1v) is 5.70. The fraction of sp³-hybridized carbons (Fsp3) is 0.750. The molecule has 0 bridgehead atoms. The fourth-order valence-corrected chi connectivity index (χ4v) is 2.38. The maximum atomic E-state index is 9.71. The van der Waals surface area contributed by atoms with Crippen molar-refractivity contribution in [3.63, 3.8) is 0 Å². The van der Waals surface area contributed by atoms with Crippen molar-refractivity contribution >= 4 is 29.1 Å². The Labute approximate surface area is 91.8 Å². The van der Waals surface area contributed by atoms with Crippen LogP contribution in [0.2, 0.25) is 5.15 Å². The number of nitrogens with zero attached hydrogens (tertiary/aromatic N) is 3. The highest BCUT2D eigenvalue weighted by molar-refractivity contribution is 6.99. The number of hydrogen-bond donors (Lipinski definition) is 1. The molecule has 0 saturated carbocycles. The Morgan fingerprint density at radius 3 is 2.93 bits per heavy atom. The van der Waals surface area contributed by atoms with Gasteiger partial charge in [0, 0.05) is 13.1 Å². The number of rotatable bonds is 1. The van der Waals surface area contributed by atoms with Gasteiger partial charge < -0.3 is 10.0 Å². The van der Waals surface area contributed by atoms with Gasteiger partial charge in [-0.25, -0.2) is 0 Å². The Bertz CT molecular complexity index is 319. The van der Waals surface area contributed by atoms with Crippen molar-refractivity contribution in [2.45, 2.75) is 19.4 Å². The van der Waals surface area contributed by atoms with Crippen LogP contribution in [0.15, 0.2) is 0 Å². The molecule has 0 spiro atoms. The van der Waals surface area contributed by atoms with E-state index < -0.39 is 0 Å². The number of hydrogen-bond acceptors (Lipinski definition) is 5. The Morgan fingerprint density at radius 2 is 2.36 bits per heavy atom. The molecule has 0 aromatic carbocycles. The van der Waals surface area contributed by atoms with Gasteiger partial charge >= 0.3 is 0 Å². The average molecular weight is 234 g/mol. The largest absolute Gasteiger partial charge is 0.391 e. The number of piperidine rings is 1. The molecular formula is C8H12ClN3OS. The second-order valence-corrected chi connectivity index (χ2v) is 4.54. The predicted octanol–water partition coefficient (Wildman–Crippen LogP) is 1.40. The van der Waals surface area contributed by atoms with Crippen LogP contribution in [0.1, 0.15) is 13.3 Å². The molecule has 78 valence electrons. The number of aliphatic hydroxyl groups is 1. The minimum Gasteiger partial charge on any atom is -0.391 e. The summed E-state index contributed by atoms with van der Waals surface area (Å²) in [6, 6.07) is 0. The lowest BCUT2D eigenvalue weighted by molar-refractivity contribution is 0.102. The van der Waals surface area contributed by atoms with Gasteiger partial charge in [0.1, 0.15) is 0 Å². The van der Waals surface area contributed by atoms with Gasteiger partial charge in [-0.05, 0) is 12.3 Å². The van der Waals surface area contributed by atoms with E-state index in [0.717, 1.165) is 24.7 Å². The minimum atomic E-state index is -0.290. The molecule has 1 N–H and O–H groups in total. The van der Waals surface area contributed by atoms with Crippen molar-refractivity contribution in [1.82, 2.24) is 8.75 Å². The number of aliphatic hydroxyl groups excluding tert-OH is 1. The molecule has 2 rings (SSSR count). The molecule has 6 heteroatoms. The zero-order valence-electron chi connectivity index (χ0n) is 7.85. The topological polar surface area (TPSA) is 49.2 Å². The van der Waals surface area contributed by atoms with Gasteiger partial charge in [0.2, 0.25) is 0 Å². The second kappa shape index (κ2) is 4.00. The third kappa shape index (κ3) is 1.85. The summed E-state index contributed by atoms with van der Waals surface area (Å²) < 4.78 is 8.02. The minimum absolute atomic E-state index is 0.290. The second-order valence-electron chi connectivity index (χ2n) is 3.66. The van der Waals surface area contributed by atoms with Gasteiger partial charge in [0.15, 0.2) is 11.0 Å². The Kier molecular flexibility index (Phi) is 2.90. The summed E-state index contributed by atoms with van der Waals surface area (Å²) in [7, 11) is 0. The standard InChI is InChI=1S/C8H12ClN3OS/c1-5-2-3-12(4-6(5)13)8-7(9)10-14-11-8/h5-6,13H,2-4H2,1H3. The number of anilines is 1. The number of aromatic nitrogens is 2. The molecule has 0 amide bonds. The van der Waals surface area contributed by atoms with E-state index in [1.54, 1.807) is 0 Å². The van der Waals surface area contributed by atoms with Crippen molar-refractivity contribution in [2.24, 2.45) is 5.92 Å². The normalized spacial score (nSPS) is 28.1. The van der Waals surface area contributed by atoms with Crippen molar-refractivity contribution in [3.8, 4) is 0 Å². The molecular weight excluding hydrogens is 222 g/mol. The highest BCUT2D eigenvalue weighted by atomic mass is 35.5. The third-order valence-corrected chi connectivity index (χ3v) is 3.52. The molecule has 1 aromatic heterocycles. The summed E-state index contributed by atoms with van der Waals surface area (Å²) in [6.45, 7) is 3.55. The first-order valence-electron chi connectivity index (χ1n) is 4.59. The zero-order chi connectivity index (χ0) is 10.1. The maximum Gasteiger partial charge on any atom is 0.187 e. The van der Waals surface area contributed by atoms with E-state index >= 15 is 0 Å². The van der Waals surface area contributed by atoms with E-state index in [2.05, 4.69) is 15.7 Å². The Morgan fingerprint density at radius 1 is 1.57 bits per heavy atom. The molecule has 14 heavy (non-hydrogen) atoms. The SMILES string of the molecule is CC1CCN(c2nsnc2Cl)CC1O. The molecule has 1 saturated heterocycles. The Hall–Kier alpha value is -0.390. The van der Waals surface area contributed by atoms with Gasteiger partial charge in [0.05, 0.1) is 17.8 Å². The average Bonchev–Trinajstić information content (AvgIpc) is 2.57. The molecule has 1 aliphatic rings. The molecule has 4 nitrogen and oxygen atoms in total. The van der Waals surface area contributed by atoms with Crippen LogP contribution in [0.5, 0.6) is 0 Å². The van der Waals surface area contributed by atoms with Crippen LogP contribution in [-0.4, -0.2) is 33.0 Å². The lowest BCUT2D eigenvalue weighted by atomic mass is 9.96. The van der Waals surface area contributed by atoms with Crippen LogP contribution in [-0.2, 0) is 0 Å². The van der Waals surface area contributed by atoms with Gasteiger partial charge in [0.25, 0.3) is 0 Å². The smallest absolute Gasteiger partial charge is 0.187 e. The molecule has 0 aliphatic carbocycles. The van der Waals surface area contributed by atoms with E-state index in [1.165, 1.54) is 0 Å². The van der Waals surface area contributed by atoms with Crippen molar-refractivity contribution in [2.75, 3.05) is 18.0 Å². The number of halogens is 1. The quantitative estimate of drug-likeness (QED) is 0.797. The van der Waals surface area contributed by atoms with Crippen LogP contribution in [0.3, 0.4) is 0 Å². The predicted molar refractivity (Wildman–Crippen MR) is 56.9 cm³/mol. The monoisotopic (exact) mass is 233 g/mol. The summed E-state index contributed by atoms with van der Waals surface area (Å²) in [4.78, 5) is 2.00. The van der Waals surface area contributed by atoms with E-state index in [0.29, 0.717) is 23.4 Å². The molecule has 1 aromatic rings. The van der Waals surface area contributed by atoms with E-state index in [1.807, 2.05) is 4.90 Å². The molecule has 2 unspecified atom stereocenters. The molecule has 0 radical (unpaired) electrons. The molecule has 2 atom stereocenters. The van der Waals surface area contributed by atoms with E-state index in [9.17, 15) is 5.11 Å². The van der Waals surface area contributed by atoms with Gasteiger partial charge in [-0.3, -0.25) is 0 Å². The van der Waals surface area contributed by atoms with Gasteiger partial charge in [-0.2, -0.15) is 8.75 Å². The summed E-state index contributed by atoms with van der Waals surface area (Å²) in [6.07, 6.45) is 0.677. The van der Waals surface area contributed by atoms with Crippen LogP contribution in [0.25, 0.3) is 0 Å². The summed E-state index contributed by atoms with van der Waals surface area (Å²) in [5.74, 6) is 1.07. The third-order valence-electron chi connectivity index (χ3n) is 2.65. The first kappa shape index (κ1) is 10.1. The summed E-state index contributed by atoms with van der Waals surface area (Å²) in [5.41, 5.74) is 0. The lowest BCUT2D eigenvalue weighted by Crippen LogP contribution is -2.43. The summed E-state index contributed by atoms with van der Waals surface area (Å²) >= 11 is 6.98. The Balaban J connectivity index is 2.10. The van der Waals surface area contributed by atoms with Gasteiger partial charge in [-0.1, -0.05) is 18.5 Å². The van der Waals surface area contributed by atoms with Crippen LogP contribution < -0.4 is 4.90 Å². The fourth-order valence-electron chi connectivity index (χ4n) is 1.60. The van der Waals surface area contributed by atoms with Crippen LogP contribution >= 0.6 is 23.3 Å². The summed E-state index contributed by atoms with van der Waals surface area (Å²) in [5, 5.41) is 10.1.